The minimum absolute atomic E-state index is 0.152. The molecule has 0 aliphatic heterocycles. The average molecular weight is 252 g/mol. The number of fused-ring (bicyclic) bond motifs is 1. The van der Waals surface area contributed by atoms with E-state index in [1.165, 1.54) is 4.68 Å². The lowest BCUT2D eigenvalue weighted by molar-refractivity contribution is 0.462. The lowest BCUT2D eigenvalue weighted by atomic mass is 10.2. The molecular formula is C15H12N2O2. The number of nitrogens with zero attached hydrogens (tertiary/aromatic N) is 2. The molecule has 1 heterocycles. The van der Waals surface area contributed by atoms with E-state index in [4.69, 9.17) is 0 Å². The first-order valence-corrected chi connectivity index (χ1v) is 5.97. The van der Waals surface area contributed by atoms with Crippen molar-refractivity contribution in [3.8, 4) is 5.75 Å². The number of phenols is 1. The molecule has 4 heteroatoms. The first kappa shape index (κ1) is 11.5. The van der Waals surface area contributed by atoms with Gasteiger partial charge in [-0.3, -0.25) is 4.79 Å². The zero-order chi connectivity index (χ0) is 13.2. The maximum atomic E-state index is 12.3. The molecule has 4 nitrogen and oxygen atoms in total. The molecule has 1 N–H and O–H groups in total. The third-order valence-corrected chi connectivity index (χ3v) is 3.07. The van der Waals surface area contributed by atoms with Gasteiger partial charge < -0.3 is 5.11 Å². The molecule has 0 saturated heterocycles. The average Bonchev–Trinajstić information content (AvgIpc) is 2.44. The van der Waals surface area contributed by atoms with Crippen LogP contribution in [0.5, 0.6) is 5.75 Å². The van der Waals surface area contributed by atoms with Crippen LogP contribution in [0.2, 0.25) is 0 Å². The van der Waals surface area contributed by atoms with Crippen molar-refractivity contribution in [2.45, 2.75) is 6.54 Å². The van der Waals surface area contributed by atoms with E-state index in [1.54, 1.807) is 30.5 Å². The molecule has 0 saturated carbocycles. The highest BCUT2D eigenvalue weighted by atomic mass is 16.3. The fourth-order valence-corrected chi connectivity index (χ4v) is 2.05. The van der Waals surface area contributed by atoms with Crippen LogP contribution in [-0.4, -0.2) is 14.9 Å². The largest absolute Gasteiger partial charge is 0.508 e. The molecule has 2 aromatic carbocycles. The Morgan fingerprint density at radius 3 is 2.63 bits per heavy atom. The smallest absolute Gasteiger partial charge is 0.274 e. The summed E-state index contributed by atoms with van der Waals surface area (Å²) < 4.78 is 1.36. The fraction of sp³-hybridized carbons (Fsp3) is 0.0667. The van der Waals surface area contributed by atoms with Gasteiger partial charge in [0.2, 0.25) is 0 Å². The quantitative estimate of drug-likeness (QED) is 0.760. The van der Waals surface area contributed by atoms with E-state index in [1.807, 2.05) is 24.3 Å². The topological polar surface area (TPSA) is 55.1 Å². The van der Waals surface area contributed by atoms with Gasteiger partial charge in [0.25, 0.3) is 5.56 Å². The summed E-state index contributed by atoms with van der Waals surface area (Å²) in [5.74, 6) is 0.171. The molecule has 0 radical (unpaired) electrons. The van der Waals surface area contributed by atoms with Gasteiger partial charge in [0.1, 0.15) is 5.75 Å². The molecule has 3 rings (SSSR count). The van der Waals surface area contributed by atoms with Crippen LogP contribution in [-0.2, 0) is 6.54 Å². The summed E-state index contributed by atoms with van der Waals surface area (Å²) in [4.78, 5) is 12.3. The Labute approximate surface area is 109 Å². The minimum atomic E-state index is -0.152. The normalized spacial score (nSPS) is 10.7. The highest BCUT2D eigenvalue weighted by Gasteiger charge is 2.06. The molecule has 0 aliphatic rings. The summed E-state index contributed by atoms with van der Waals surface area (Å²) in [6, 6.07) is 14.3. The Bertz CT molecular complexity index is 793. The van der Waals surface area contributed by atoms with E-state index in [0.717, 1.165) is 5.39 Å². The maximum absolute atomic E-state index is 12.3. The van der Waals surface area contributed by atoms with E-state index in [-0.39, 0.29) is 17.9 Å². The van der Waals surface area contributed by atoms with Gasteiger partial charge in [-0.15, -0.1) is 0 Å². The summed E-state index contributed by atoms with van der Waals surface area (Å²) in [6.45, 7) is 0.260. The van der Waals surface area contributed by atoms with Gasteiger partial charge in [-0.1, -0.05) is 36.4 Å². The molecule has 0 atom stereocenters. The number of para-hydroxylation sites is 1. The maximum Gasteiger partial charge on any atom is 0.274 e. The van der Waals surface area contributed by atoms with E-state index >= 15 is 0 Å². The van der Waals surface area contributed by atoms with Crippen LogP contribution in [0.15, 0.2) is 59.5 Å². The number of hydrogen-bond acceptors (Lipinski definition) is 3. The standard InChI is InChI=1S/C15H12N2O2/c18-14-8-4-2-6-12(14)10-17-15(19)13-7-3-1-5-11(13)9-16-17/h1-9,18H,10H2. The zero-order valence-corrected chi connectivity index (χ0v) is 10.2. The van der Waals surface area contributed by atoms with Crippen LogP contribution in [0.4, 0.5) is 0 Å². The second-order valence-electron chi connectivity index (χ2n) is 4.32. The Morgan fingerprint density at radius 1 is 1.05 bits per heavy atom. The zero-order valence-electron chi connectivity index (χ0n) is 10.2. The summed E-state index contributed by atoms with van der Waals surface area (Å²) in [6.07, 6.45) is 1.66. The molecule has 3 aromatic rings. The highest BCUT2D eigenvalue weighted by molar-refractivity contribution is 5.80. The van der Waals surface area contributed by atoms with Gasteiger partial charge in [-0.2, -0.15) is 5.10 Å². The summed E-state index contributed by atoms with van der Waals surface area (Å²) >= 11 is 0. The predicted octanol–water partition coefficient (Wildman–Crippen LogP) is 2.15. The Hall–Kier alpha value is -2.62. The minimum Gasteiger partial charge on any atom is -0.508 e. The van der Waals surface area contributed by atoms with Crippen LogP contribution in [0.3, 0.4) is 0 Å². The van der Waals surface area contributed by atoms with Crippen molar-refractivity contribution in [3.05, 3.63) is 70.6 Å². The summed E-state index contributed by atoms with van der Waals surface area (Å²) in [7, 11) is 0. The third kappa shape index (κ3) is 2.08. The SMILES string of the molecule is O=c1c2ccccc2cnn1Cc1ccccc1O. The highest BCUT2D eigenvalue weighted by Crippen LogP contribution is 2.16. The lowest BCUT2D eigenvalue weighted by Gasteiger charge is -2.07. The molecule has 0 spiro atoms. The van der Waals surface area contributed by atoms with E-state index in [9.17, 15) is 9.90 Å². The van der Waals surface area contributed by atoms with Crippen molar-refractivity contribution in [3.63, 3.8) is 0 Å². The van der Waals surface area contributed by atoms with Crippen molar-refractivity contribution in [2.75, 3.05) is 0 Å². The van der Waals surface area contributed by atoms with E-state index in [2.05, 4.69) is 5.10 Å². The van der Waals surface area contributed by atoms with Crippen LogP contribution < -0.4 is 5.56 Å². The molecule has 0 bridgehead atoms. The summed E-state index contributed by atoms with van der Waals surface area (Å²) in [5.41, 5.74) is 0.522. The number of hydrogen-bond donors (Lipinski definition) is 1. The number of rotatable bonds is 2. The molecule has 0 fully saturated rings. The van der Waals surface area contributed by atoms with Crippen molar-refractivity contribution in [1.82, 2.24) is 9.78 Å². The van der Waals surface area contributed by atoms with Crippen molar-refractivity contribution in [1.29, 1.82) is 0 Å². The Kier molecular flexibility index (Phi) is 2.76. The van der Waals surface area contributed by atoms with Crippen LogP contribution in [0, 0.1) is 0 Å². The first-order valence-electron chi connectivity index (χ1n) is 5.97. The molecular weight excluding hydrogens is 240 g/mol. The monoisotopic (exact) mass is 252 g/mol. The second-order valence-corrected chi connectivity index (χ2v) is 4.32. The van der Waals surface area contributed by atoms with Gasteiger partial charge in [-0.25, -0.2) is 4.68 Å². The van der Waals surface area contributed by atoms with Gasteiger partial charge in [0, 0.05) is 10.9 Å². The number of aromatic nitrogens is 2. The van der Waals surface area contributed by atoms with Crippen LogP contribution in [0.1, 0.15) is 5.56 Å². The van der Waals surface area contributed by atoms with Gasteiger partial charge in [0.05, 0.1) is 18.1 Å². The fourth-order valence-electron chi connectivity index (χ4n) is 2.05. The van der Waals surface area contributed by atoms with E-state index in [0.29, 0.717) is 10.9 Å². The molecule has 0 aliphatic carbocycles. The second kappa shape index (κ2) is 4.57. The first-order chi connectivity index (χ1) is 9.25. The number of aromatic hydroxyl groups is 1. The third-order valence-electron chi connectivity index (χ3n) is 3.07. The Morgan fingerprint density at radius 2 is 1.79 bits per heavy atom. The molecule has 1 aromatic heterocycles. The van der Waals surface area contributed by atoms with Gasteiger partial charge >= 0.3 is 0 Å². The van der Waals surface area contributed by atoms with E-state index < -0.39 is 0 Å². The van der Waals surface area contributed by atoms with Crippen molar-refractivity contribution >= 4 is 10.8 Å². The predicted molar refractivity (Wildman–Crippen MR) is 73.2 cm³/mol. The molecule has 19 heavy (non-hydrogen) atoms. The van der Waals surface area contributed by atoms with Gasteiger partial charge in [0.15, 0.2) is 0 Å². The van der Waals surface area contributed by atoms with Gasteiger partial charge in [-0.05, 0) is 12.1 Å². The summed E-state index contributed by atoms with van der Waals surface area (Å²) in [5, 5.41) is 15.3. The molecule has 0 amide bonds. The van der Waals surface area contributed by atoms with Crippen molar-refractivity contribution < 1.29 is 5.11 Å². The Balaban J connectivity index is 2.10. The number of phenolic OH excluding ortho intramolecular Hbond substituents is 1. The molecule has 0 unspecified atom stereocenters. The van der Waals surface area contributed by atoms with Crippen molar-refractivity contribution in [2.24, 2.45) is 0 Å². The van der Waals surface area contributed by atoms with Crippen LogP contribution >= 0.6 is 0 Å². The lowest BCUT2D eigenvalue weighted by Crippen LogP contribution is -2.23. The van der Waals surface area contributed by atoms with Crippen LogP contribution in [0.25, 0.3) is 10.8 Å². The molecule has 94 valence electrons. The number of benzene rings is 2.